The van der Waals surface area contributed by atoms with Gasteiger partial charge in [-0.1, -0.05) is 50.3 Å². The third-order valence-electron chi connectivity index (χ3n) is 3.32. The zero-order valence-electron chi connectivity index (χ0n) is 12.0. The van der Waals surface area contributed by atoms with Crippen LogP contribution in [0, 0.1) is 6.92 Å². The predicted octanol–water partition coefficient (Wildman–Crippen LogP) is 3.19. The lowest BCUT2D eigenvalue weighted by Crippen LogP contribution is -2.30. The first-order chi connectivity index (χ1) is 9.39. The zero-order chi connectivity index (χ0) is 15.2. The number of rotatable bonds is 8. The number of aliphatic carboxylic acids is 1. The minimum Gasteiger partial charge on any atom is -0.480 e. The van der Waals surface area contributed by atoms with Crippen molar-refractivity contribution in [2.24, 2.45) is 0 Å². The number of carboxylic acids is 1. The highest BCUT2D eigenvalue weighted by Gasteiger charge is 2.33. The van der Waals surface area contributed by atoms with Gasteiger partial charge in [0.1, 0.15) is 0 Å². The lowest BCUT2D eigenvalue weighted by molar-refractivity contribution is -0.136. The number of benzene rings is 1. The first-order valence-corrected chi connectivity index (χ1v) is 8.47. The Labute approximate surface area is 120 Å². The van der Waals surface area contributed by atoms with E-state index in [1.54, 1.807) is 12.1 Å². The first-order valence-electron chi connectivity index (χ1n) is 6.93. The van der Waals surface area contributed by atoms with Crippen molar-refractivity contribution in [3.63, 3.8) is 0 Å². The molecule has 0 aliphatic rings. The summed E-state index contributed by atoms with van der Waals surface area (Å²) in [5, 5.41) is 7.86. The van der Waals surface area contributed by atoms with E-state index in [2.05, 4.69) is 6.92 Å². The van der Waals surface area contributed by atoms with Gasteiger partial charge in [-0.05, 0) is 25.5 Å². The summed E-state index contributed by atoms with van der Waals surface area (Å²) in [6.07, 6.45) is 3.69. The third kappa shape index (κ3) is 4.34. The highest BCUT2D eigenvalue weighted by atomic mass is 32.2. The van der Waals surface area contributed by atoms with E-state index in [0.29, 0.717) is 6.42 Å². The smallest absolute Gasteiger partial charge is 0.322 e. The van der Waals surface area contributed by atoms with Crippen LogP contribution >= 0.6 is 0 Å². The Morgan fingerprint density at radius 2 is 1.75 bits per heavy atom. The van der Waals surface area contributed by atoms with Crippen molar-refractivity contribution < 1.29 is 18.3 Å². The van der Waals surface area contributed by atoms with Gasteiger partial charge in [0, 0.05) is 0 Å². The molecule has 1 aromatic rings. The van der Waals surface area contributed by atoms with E-state index in [9.17, 15) is 18.3 Å². The Morgan fingerprint density at radius 1 is 1.15 bits per heavy atom. The van der Waals surface area contributed by atoms with E-state index in [4.69, 9.17) is 0 Å². The number of carbonyl (C=O) groups is 1. The van der Waals surface area contributed by atoms with E-state index < -0.39 is 21.1 Å². The molecule has 0 bridgehead atoms. The number of hydrogen-bond acceptors (Lipinski definition) is 3. The summed E-state index contributed by atoms with van der Waals surface area (Å²) in [5.41, 5.74) is 0.943. The molecular weight excluding hydrogens is 276 g/mol. The van der Waals surface area contributed by atoms with Gasteiger partial charge in [0.05, 0.1) is 4.90 Å². The van der Waals surface area contributed by atoms with Crippen LogP contribution < -0.4 is 0 Å². The Bertz CT molecular complexity index is 531. The molecule has 0 spiro atoms. The molecule has 20 heavy (non-hydrogen) atoms. The zero-order valence-corrected chi connectivity index (χ0v) is 12.8. The number of carboxylic acid groups (broad SMARTS) is 1. The molecule has 0 aliphatic heterocycles. The maximum Gasteiger partial charge on any atom is 0.322 e. The summed E-state index contributed by atoms with van der Waals surface area (Å²) in [4.78, 5) is 11.4. The number of hydrogen-bond donors (Lipinski definition) is 1. The summed E-state index contributed by atoms with van der Waals surface area (Å²) in [5.74, 6) is -1.26. The first kappa shape index (κ1) is 16.7. The summed E-state index contributed by atoms with van der Waals surface area (Å²) in [7, 11) is -3.80. The molecule has 0 radical (unpaired) electrons. The van der Waals surface area contributed by atoms with Gasteiger partial charge in [-0.2, -0.15) is 0 Å². The number of sulfone groups is 1. The van der Waals surface area contributed by atoms with E-state index in [0.717, 1.165) is 24.8 Å². The van der Waals surface area contributed by atoms with Gasteiger partial charge in [0.25, 0.3) is 0 Å². The molecule has 1 atom stereocenters. The normalized spacial score (nSPS) is 13.1. The second kappa shape index (κ2) is 7.43. The van der Waals surface area contributed by atoms with Crippen molar-refractivity contribution in [3.05, 3.63) is 29.8 Å². The largest absolute Gasteiger partial charge is 0.480 e. The van der Waals surface area contributed by atoms with Crippen LogP contribution in [0.2, 0.25) is 0 Å². The Kier molecular flexibility index (Phi) is 6.20. The highest BCUT2D eigenvalue weighted by Crippen LogP contribution is 2.21. The standard InChI is InChI=1S/C15H22O4S/c1-3-4-5-6-7-14(15(16)17)20(18,19)13-10-8-12(2)9-11-13/h8-11,14H,3-7H2,1-2H3,(H,16,17). The van der Waals surface area contributed by atoms with Crippen LogP contribution in [0.3, 0.4) is 0 Å². The molecule has 0 saturated heterocycles. The second-order valence-corrected chi connectivity index (χ2v) is 7.16. The molecule has 4 nitrogen and oxygen atoms in total. The Hall–Kier alpha value is -1.36. The molecule has 1 unspecified atom stereocenters. The average Bonchev–Trinajstić information content (AvgIpc) is 2.38. The molecule has 1 rings (SSSR count). The van der Waals surface area contributed by atoms with Gasteiger partial charge in [-0.15, -0.1) is 0 Å². The quantitative estimate of drug-likeness (QED) is 0.748. The van der Waals surface area contributed by atoms with Crippen LogP contribution in [0.4, 0.5) is 0 Å². The molecule has 0 saturated carbocycles. The van der Waals surface area contributed by atoms with Gasteiger partial charge in [-0.25, -0.2) is 8.42 Å². The van der Waals surface area contributed by atoms with Crippen LogP contribution in [0.5, 0.6) is 0 Å². The summed E-state index contributed by atoms with van der Waals surface area (Å²) in [6, 6.07) is 6.32. The maximum atomic E-state index is 12.4. The summed E-state index contributed by atoms with van der Waals surface area (Å²) in [6.45, 7) is 3.91. The molecule has 1 N–H and O–H groups in total. The van der Waals surface area contributed by atoms with Crippen molar-refractivity contribution in [3.8, 4) is 0 Å². The van der Waals surface area contributed by atoms with E-state index in [-0.39, 0.29) is 11.3 Å². The van der Waals surface area contributed by atoms with Gasteiger partial charge in [-0.3, -0.25) is 4.79 Å². The molecule has 0 amide bonds. The SMILES string of the molecule is CCCCCCC(C(=O)O)S(=O)(=O)c1ccc(C)cc1. The van der Waals surface area contributed by atoms with Gasteiger partial charge < -0.3 is 5.11 Å². The van der Waals surface area contributed by atoms with Crippen molar-refractivity contribution in [2.45, 2.75) is 56.1 Å². The van der Waals surface area contributed by atoms with Crippen molar-refractivity contribution in [1.82, 2.24) is 0 Å². The van der Waals surface area contributed by atoms with Gasteiger partial charge in [0.2, 0.25) is 0 Å². The Morgan fingerprint density at radius 3 is 2.25 bits per heavy atom. The molecule has 1 aromatic carbocycles. The van der Waals surface area contributed by atoms with Crippen LogP contribution in [-0.2, 0) is 14.6 Å². The molecular formula is C15H22O4S. The van der Waals surface area contributed by atoms with Crippen LogP contribution in [-0.4, -0.2) is 24.7 Å². The fourth-order valence-corrected chi connectivity index (χ4v) is 3.65. The minimum atomic E-state index is -3.80. The van der Waals surface area contributed by atoms with Crippen LogP contribution in [0.25, 0.3) is 0 Å². The third-order valence-corrected chi connectivity index (χ3v) is 5.44. The molecule has 112 valence electrons. The minimum absolute atomic E-state index is 0.0889. The summed E-state index contributed by atoms with van der Waals surface area (Å²) >= 11 is 0. The number of aryl methyl sites for hydroxylation is 1. The van der Waals surface area contributed by atoms with E-state index in [1.165, 1.54) is 12.1 Å². The second-order valence-electron chi connectivity index (χ2n) is 5.03. The summed E-state index contributed by atoms with van der Waals surface area (Å²) < 4.78 is 24.7. The highest BCUT2D eigenvalue weighted by molar-refractivity contribution is 7.92. The molecule has 5 heteroatoms. The van der Waals surface area contributed by atoms with Crippen molar-refractivity contribution in [2.75, 3.05) is 0 Å². The van der Waals surface area contributed by atoms with Crippen molar-refractivity contribution >= 4 is 15.8 Å². The van der Waals surface area contributed by atoms with Crippen molar-refractivity contribution in [1.29, 1.82) is 0 Å². The fourth-order valence-electron chi connectivity index (χ4n) is 2.06. The molecule has 0 aromatic heterocycles. The fraction of sp³-hybridized carbons (Fsp3) is 0.533. The monoisotopic (exact) mass is 298 g/mol. The molecule has 0 aliphatic carbocycles. The number of unbranched alkanes of at least 4 members (excludes halogenated alkanes) is 3. The molecule has 0 heterocycles. The van der Waals surface area contributed by atoms with E-state index >= 15 is 0 Å². The Balaban J connectivity index is 2.89. The average molecular weight is 298 g/mol. The predicted molar refractivity (Wildman–Crippen MR) is 78.5 cm³/mol. The lowest BCUT2D eigenvalue weighted by Gasteiger charge is -2.13. The van der Waals surface area contributed by atoms with Gasteiger partial charge >= 0.3 is 5.97 Å². The topological polar surface area (TPSA) is 71.4 Å². The molecule has 0 fully saturated rings. The van der Waals surface area contributed by atoms with Crippen LogP contribution in [0.1, 0.15) is 44.6 Å². The van der Waals surface area contributed by atoms with Gasteiger partial charge in [0.15, 0.2) is 15.1 Å². The maximum absolute atomic E-state index is 12.4. The van der Waals surface area contributed by atoms with E-state index in [1.807, 2.05) is 6.92 Å². The lowest BCUT2D eigenvalue weighted by atomic mass is 10.1. The van der Waals surface area contributed by atoms with Crippen LogP contribution in [0.15, 0.2) is 29.2 Å².